The molecule has 0 radical (unpaired) electrons. The second kappa shape index (κ2) is 4.51. The Kier molecular flexibility index (Phi) is 3.06. The van der Waals surface area contributed by atoms with Crippen molar-refractivity contribution < 1.29 is 9.90 Å². The molecule has 1 heterocycles. The predicted octanol–water partition coefficient (Wildman–Crippen LogP) is 3.32. The average Bonchev–Trinajstić information content (AvgIpc) is 2.30. The van der Waals surface area contributed by atoms with Gasteiger partial charge in [-0.3, -0.25) is 0 Å². The van der Waals surface area contributed by atoms with Crippen molar-refractivity contribution in [3.63, 3.8) is 0 Å². The molecule has 0 unspecified atom stereocenters. The molecule has 2 rings (SSSR count). The van der Waals surface area contributed by atoms with E-state index in [1.54, 1.807) is 6.08 Å². The van der Waals surface area contributed by atoms with Crippen LogP contribution in [0.25, 0.3) is 10.9 Å². The third-order valence-electron chi connectivity index (χ3n) is 2.56. The maximum Gasteiger partial charge on any atom is 0.338 e. The van der Waals surface area contributed by atoms with Crippen LogP contribution in [0.3, 0.4) is 0 Å². The lowest BCUT2D eigenvalue weighted by Gasteiger charge is -2.04. The highest BCUT2D eigenvalue weighted by atomic mass is 32.1. The van der Waals surface area contributed by atoms with E-state index < -0.39 is 5.97 Å². The Morgan fingerprint density at radius 1 is 1.53 bits per heavy atom. The largest absolute Gasteiger partial charge is 0.478 e. The molecule has 4 heteroatoms. The molecule has 0 amide bonds. The fraction of sp³-hybridized carbons (Fsp3) is 0.0769. The van der Waals surface area contributed by atoms with Gasteiger partial charge in [-0.25, -0.2) is 4.79 Å². The molecule has 0 saturated heterocycles. The number of H-pyrrole nitrogens is 1. The van der Waals surface area contributed by atoms with E-state index in [4.69, 9.17) is 17.3 Å². The molecule has 3 nitrogen and oxygen atoms in total. The number of aromatic carboxylic acids is 1. The lowest BCUT2D eigenvalue weighted by atomic mass is 10.1. The van der Waals surface area contributed by atoms with Crippen LogP contribution in [-0.2, 0) is 6.42 Å². The molecule has 2 aromatic rings. The van der Waals surface area contributed by atoms with Gasteiger partial charge < -0.3 is 10.1 Å². The number of nitrogens with one attached hydrogen (secondary N) is 1. The van der Waals surface area contributed by atoms with Crippen molar-refractivity contribution in [2.75, 3.05) is 0 Å². The number of pyridine rings is 1. The standard InChI is InChI=1S/C13H11NO2S/c1-2-3-8-4-5-11-9(6-8)12(17)10(7-14-11)13(15)16/h2,4-7H,1,3H2,(H,14,17)(H,15,16). The minimum Gasteiger partial charge on any atom is -0.478 e. The number of carboxylic acids is 1. The SMILES string of the molecule is C=CCc1ccc2[nH]cc(C(=O)O)c(=S)c2c1. The van der Waals surface area contributed by atoms with E-state index in [2.05, 4.69) is 11.6 Å². The molecule has 0 spiro atoms. The van der Waals surface area contributed by atoms with Crippen LogP contribution in [0.1, 0.15) is 15.9 Å². The Balaban J connectivity index is 2.73. The summed E-state index contributed by atoms with van der Waals surface area (Å²) in [4.78, 5) is 13.9. The Bertz CT molecular complexity index is 658. The van der Waals surface area contributed by atoms with E-state index in [1.165, 1.54) is 6.20 Å². The summed E-state index contributed by atoms with van der Waals surface area (Å²) in [6.07, 6.45) is 3.97. The smallest absolute Gasteiger partial charge is 0.338 e. The van der Waals surface area contributed by atoms with E-state index in [0.29, 0.717) is 4.51 Å². The number of rotatable bonds is 3. The van der Waals surface area contributed by atoms with Crippen LogP contribution in [0.5, 0.6) is 0 Å². The number of carbonyl (C=O) groups is 1. The van der Waals surface area contributed by atoms with E-state index in [0.717, 1.165) is 22.9 Å². The lowest BCUT2D eigenvalue weighted by molar-refractivity contribution is 0.0696. The highest BCUT2D eigenvalue weighted by Crippen LogP contribution is 2.18. The highest BCUT2D eigenvalue weighted by Gasteiger charge is 2.08. The van der Waals surface area contributed by atoms with Gasteiger partial charge in [0.15, 0.2) is 0 Å². The zero-order chi connectivity index (χ0) is 12.4. The summed E-state index contributed by atoms with van der Waals surface area (Å²) in [6.45, 7) is 3.68. The number of hydrogen-bond acceptors (Lipinski definition) is 2. The van der Waals surface area contributed by atoms with E-state index in [9.17, 15) is 4.79 Å². The second-order valence-corrected chi connectivity index (χ2v) is 4.12. The lowest BCUT2D eigenvalue weighted by Crippen LogP contribution is -1.99. The van der Waals surface area contributed by atoms with Gasteiger partial charge in [0, 0.05) is 17.1 Å². The molecule has 0 saturated carbocycles. The number of hydrogen-bond donors (Lipinski definition) is 2. The van der Waals surface area contributed by atoms with E-state index >= 15 is 0 Å². The quantitative estimate of drug-likeness (QED) is 0.644. The monoisotopic (exact) mass is 245 g/mol. The van der Waals surface area contributed by atoms with Crippen LogP contribution >= 0.6 is 12.2 Å². The number of aromatic amines is 1. The zero-order valence-electron chi connectivity index (χ0n) is 9.06. The van der Waals surface area contributed by atoms with Crippen LogP contribution in [0.2, 0.25) is 0 Å². The molecule has 0 aliphatic rings. The number of fused-ring (bicyclic) bond motifs is 1. The van der Waals surface area contributed by atoms with Crippen molar-refractivity contribution in [1.82, 2.24) is 4.98 Å². The summed E-state index contributed by atoms with van der Waals surface area (Å²) < 4.78 is 0.372. The van der Waals surface area contributed by atoms with Gasteiger partial charge in [0.05, 0.1) is 10.1 Å². The van der Waals surface area contributed by atoms with Crippen molar-refractivity contribution in [2.24, 2.45) is 0 Å². The van der Waals surface area contributed by atoms with Crippen LogP contribution < -0.4 is 0 Å². The molecule has 0 fully saturated rings. The zero-order valence-corrected chi connectivity index (χ0v) is 9.88. The third-order valence-corrected chi connectivity index (χ3v) is 3.00. The van der Waals surface area contributed by atoms with Crippen molar-refractivity contribution in [2.45, 2.75) is 6.42 Å². The fourth-order valence-corrected chi connectivity index (χ4v) is 2.03. The maximum atomic E-state index is 11.0. The van der Waals surface area contributed by atoms with Crippen molar-refractivity contribution in [1.29, 1.82) is 0 Å². The van der Waals surface area contributed by atoms with Crippen molar-refractivity contribution in [3.05, 3.63) is 52.7 Å². The molecule has 86 valence electrons. The first-order chi connectivity index (χ1) is 8.13. The van der Waals surface area contributed by atoms with Crippen molar-refractivity contribution in [3.8, 4) is 0 Å². The van der Waals surface area contributed by atoms with Gasteiger partial charge in [-0.1, -0.05) is 24.4 Å². The molecular formula is C13H11NO2S. The number of carboxylic acid groups (broad SMARTS) is 1. The van der Waals surface area contributed by atoms with Crippen LogP contribution in [0.15, 0.2) is 37.1 Å². The summed E-state index contributed by atoms with van der Waals surface area (Å²) in [7, 11) is 0. The normalized spacial score (nSPS) is 10.4. The first kappa shape index (κ1) is 11.5. The number of aromatic nitrogens is 1. The minimum absolute atomic E-state index is 0.128. The summed E-state index contributed by atoms with van der Waals surface area (Å²) in [6, 6.07) is 5.77. The molecule has 0 bridgehead atoms. The topological polar surface area (TPSA) is 53.1 Å². The fourth-order valence-electron chi connectivity index (χ4n) is 1.72. The van der Waals surface area contributed by atoms with Gasteiger partial charge in [0.2, 0.25) is 0 Å². The molecule has 2 N–H and O–H groups in total. The molecular weight excluding hydrogens is 234 g/mol. The van der Waals surface area contributed by atoms with Gasteiger partial charge in [0.25, 0.3) is 0 Å². The average molecular weight is 245 g/mol. The van der Waals surface area contributed by atoms with Crippen LogP contribution in [-0.4, -0.2) is 16.1 Å². The summed E-state index contributed by atoms with van der Waals surface area (Å²) in [5.41, 5.74) is 2.03. The Morgan fingerprint density at radius 3 is 2.94 bits per heavy atom. The Morgan fingerprint density at radius 2 is 2.29 bits per heavy atom. The maximum absolute atomic E-state index is 11.0. The molecule has 1 aromatic heterocycles. The Hall–Kier alpha value is -1.94. The van der Waals surface area contributed by atoms with Gasteiger partial charge in [-0.15, -0.1) is 6.58 Å². The van der Waals surface area contributed by atoms with E-state index in [-0.39, 0.29) is 5.56 Å². The second-order valence-electron chi connectivity index (χ2n) is 3.71. The van der Waals surface area contributed by atoms with Gasteiger partial charge in [-0.2, -0.15) is 0 Å². The summed E-state index contributed by atoms with van der Waals surface area (Å²) in [5.74, 6) is -1.01. The van der Waals surface area contributed by atoms with Crippen molar-refractivity contribution >= 4 is 29.1 Å². The molecule has 17 heavy (non-hydrogen) atoms. The van der Waals surface area contributed by atoms with E-state index in [1.807, 2.05) is 18.2 Å². The third kappa shape index (κ3) is 2.12. The molecule has 0 aliphatic heterocycles. The minimum atomic E-state index is -1.01. The predicted molar refractivity (Wildman–Crippen MR) is 70.0 cm³/mol. The molecule has 0 aliphatic carbocycles. The number of allylic oxidation sites excluding steroid dienone is 1. The summed E-state index contributed by atoms with van der Waals surface area (Å²) >= 11 is 5.19. The highest BCUT2D eigenvalue weighted by molar-refractivity contribution is 7.71. The first-order valence-corrected chi connectivity index (χ1v) is 5.53. The molecule has 0 atom stereocenters. The summed E-state index contributed by atoms with van der Waals surface area (Å²) in [5, 5.41) is 9.76. The number of benzene rings is 1. The van der Waals surface area contributed by atoms with Crippen LogP contribution in [0, 0.1) is 4.51 Å². The van der Waals surface area contributed by atoms with Gasteiger partial charge in [-0.05, 0) is 24.1 Å². The Labute approximate surface area is 103 Å². The van der Waals surface area contributed by atoms with Crippen LogP contribution in [0.4, 0.5) is 0 Å². The van der Waals surface area contributed by atoms with Gasteiger partial charge in [0.1, 0.15) is 0 Å². The van der Waals surface area contributed by atoms with Gasteiger partial charge >= 0.3 is 5.97 Å². The molecule has 1 aromatic carbocycles. The first-order valence-electron chi connectivity index (χ1n) is 5.12.